The largest absolute Gasteiger partial charge is 0.455 e. The van der Waals surface area contributed by atoms with Crippen molar-refractivity contribution in [2.45, 2.75) is 0 Å². The van der Waals surface area contributed by atoms with E-state index in [4.69, 9.17) is 16.3 Å². The van der Waals surface area contributed by atoms with E-state index >= 15 is 0 Å². The number of nitro groups is 1. The molecule has 0 aliphatic rings. The maximum Gasteiger partial charge on any atom is 0.288 e. The van der Waals surface area contributed by atoms with Gasteiger partial charge in [-0.25, -0.2) is 0 Å². The Kier molecular flexibility index (Phi) is 5.15. The molecule has 1 N–H and O–H groups in total. The predicted molar refractivity (Wildman–Crippen MR) is 99.0 cm³/mol. The molecule has 3 aromatic carbocycles. The van der Waals surface area contributed by atoms with Crippen molar-refractivity contribution in [1.29, 1.82) is 0 Å². The smallest absolute Gasteiger partial charge is 0.288 e. The number of nitro benzene ring substituents is 1. The lowest BCUT2D eigenvalue weighted by Gasteiger charge is -2.12. The van der Waals surface area contributed by atoms with Crippen LogP contribution in [0.3, 0.4) is 0 Å². The molecule has 3 rings (SSSR count). The van der Waals surface area contributed by atoms with E-state index in [0.717, 1.165) is 6.07 Å². The fourth-order valence-corrected chi connectivity index (χ4v) is 2.45. The summed E-state index contributed by atoms with van der Waals surface area (Å²) in [5.74, 6) is 0.570. The first kappa shape index (κ1) is 17.4. The Hall–Kier alpha value is -3.38. The van der Waals surface area contributed by atoms with E-state index in [1.54, 1.807) is 36.4 Å². The van der Waals surface area contributed by atoms with Gasteiger partial charge in [0, 0.05) is 11.6 Å². The number of nitrogens with zero attached hydrogens (tertiary/aromatic N) is 1. The monoisotopic (exact) mass is 368 g/mol. The molecule has 0 saturated heterocycles. The summed E-state index contributed by atoms with van der Waals surface area (Å²) in [5.41, 5.74) is 0.239. The molecule has 26 heavy (non-hydrogen) atoms. The van der Waals surface area contributed by atoms with Crippen molar-refractivity contribution in [3.8, 4) is 11.5 Å². The first-order valence-corrected chi connectivity index (χ1v) is 7.99. The Labute approximate surface area is 154 Å². The van der Waals surface area contributed by atoms with Crippen molar-refractivity contribution < 1.29 is 14.5 Å². The maximum absolute atomic E-state index is 12.5. The summed E-state index contributed by atoms with van der Waals surface area (Å²) >= 11 is 5.78. The van der Waals surface area contributed by atoms with Gasteiger partial charge in [-0.1, -0.05) is 41.9 Å². The normalized spacial score (nSPS) is 10.2. The van der Waals surface area contributed by atoms with E-state index < -0.39 is 10.8 Å². The van der Waals surface area contributed by atoms with Gasteiger partial charge in [0.2, 0.25) is 0 Å². The molecule has 0 unspecified atom stereocenters. The summed E-state index contributed by atoms with van der Waals surface area (Å²) in [6.45, 7) is 0. The van der Waals surface area contributed by atoms with Gasteiger partial charge in [-0.15, -0.1) is 0 Å². The van der Waals surface area contributed by atoms with E-state index in [2.05, 4.69) is 5.32 Å². The van der Waals surface area contributed by atoms with Crippen LogP contribution >= 0.6 is 11.6 Å². The highest BCUT2D eigenvalue weighted by Crippen LogP contribution is 2.30. The zero-order chi connectivity index (χ0) is 18.5. The number of carbonyl (C=O) groups excluding carboxylic acids is 1. The van der Waals surface area contributed by atoms with Crippen LogP contribution in [0.5, 0.6) is 11.5 Å². The molecule has 0 heterocycles. The highest BCUT2D eigenvalue weighted by molar-refractivity contribution is 6.32. The van der Waals surface area contributed by atoms with Gasteiger partial charge in [-0.3, -0.25) is 14.9 Å². The Balaban J connectivity index is 1.84. The van der Waals surface area contributed by atoms with Crippen LogP contribution in [0.1, 0.15) is 10.4 Å². The summed E-state index contributed by atoms with van der Waals surface area (Å²) in [6.07, 6.45) is 0. The zero-order valence-corrected chi connectivity index (χ0v) is 14.1. The quantitative estimate of drug-likeness (QED) is 0.489. The fraction of sp³-hybridized carbons (Fsp3) is 0. The van der Waals surface area contributed by atoms with Crippen molar-refractivity contribution in [2.24, 2.45) is 0 Å². The van der Waals surface area contributed by atoms with Crippen LogP contribution in [0.15, 0.2) is 72.8 Å². The molecule has 6 nitrogen and oxygen atoms in total. The van der Waals surface area contributed by atoms with Crippen LogP contribution < -0.4 is 10.1 Å². The summed E-state index contributed by atoms with van der Waals surface area (Å²) in [4.78, 5) is 22.8. The van der Waals surface area contributed by atoms with Gasteiger partial charge in [0.25, 0.3) is 11.6 Å². The van der Waals surface area contributed by atoms with Crippen LogP contribution in [-0.4, -0.2) is 10.8 Å². The number of hydrogen-bond donors (Lipinski definition) is 1. The van der Waals surface area contributed by atoms with Gasteiger partial charge in [-0.2, -0.15) is 0 Å². The summed E-state index contributed by atoms with van der Waals surface area (Å²) in [6, 6.07) is 19.9. The summed E-state index contributed by atoms with van der Waals surface area (Å²) in [5, 5.41) is 13.7. The number of anilines is 1. The lowest BCUT2D eigenvalue weighted by atomic mass is 10.2. The van der Waals surface area contributed by atoms with E-state index in [1.807, 2.05) is 18.2 Å². The fourth-order valence-electron chi connectivity index (χ4n) is 2.26. The minimum atomic E-state index is -0.633. The van der Waals surface area contributed by atoms with Crippen LogP contribution in [0.4, 0.5) is 11.4 Å². The third-order valence-electron chi connectivity index (χ3n) is 3.51. The third kappa shape index (κ3) is 3.99. The van der Waals surface area contributed by atoms with E-state index in [-0.39, 0.29) is 16.3 Å². The molecule has 0 fully saturated rings. The van der Waals surface area contributed by atoms with E-state index in [1.165, 1.54) is 12.1 Å². The molecule has 0 atom stereocenters. The first-order valence-electron chi connectivity index (χ1n) is 7.62. The average molecular weight is 369 g/mol. The number of para-hydroxylation sites is 3. The standard InChI is InChI=1S/C19H13ClN2O4/c20-15-11-10-13(12-17(15)22(24)25)19(23)21-16-8-4-5-9-18(16)26-14-6-2-1-3-7-14/h1-12H,(H,21,23). The highest BCUT2D eigenvalue weighted by Gasteiger charge is 2.17. The number of hydrogen-bond acceptors (Lipinski definition) is 4. The van der Waals surface area contributed by atoms with Gasteiger partial charge >= 0.3 is 0 Å². The van der Waals surface area contributed by atoms with Crippen LogP contribution in [-0.2, 0) is 0 Å². The Morgan fingerprint density at radius 1 is 1.00 bits per heavy atom. The average Bonchev–Trinajstić information content (AvgIpc) is 2.64. The predicted octanol–water partition coefficient (Wildman–Crippen LogP) is 5.29. The number of nitrogens with one attached hydrogen (secondary N) is 1. The Morgan fingerprint density at radius 2 is 1.69 bits per heavy atom. The molecular formula is C19H13ClN2O4. The van der Waals surface area contributed by atoms with Gasteiger partial charge in [0.1, 0.15) is 10.8 Å². The lowest BCUT2D eigenvalue weighted by Crippen LogP contribution is -2.12. The molecular weight excluding hydrogens is 356 g/mol. The molecule has 0 aliphatic heterocycles. The van der Waals surface area contributed by atoms with Gasteiger partial charge in [0.05, 0.1) is 10.6 Å². The van der Waals surface area contributed by atoms with Crippen molar-refractivity contribution in [3.63, 3.8) is 0 Å². The third-order valence-corrected chi connectivity index (χ3v) is 3.83. The second-order valence-electron chi connectivity index (χ2n) is 5.29. The molecule has 1 amide bonds. The van der Waals surface area contributed by atoms with Crippen LogP contribution in [0.2, 0.25) is 5.02 Å². The van der Waals surface area contributed by atoms with Crippen molar-refractivity contribution in [3.05, 3.63) is 93.5 Å². The number of halogens is 1. The summed E-state index contributed by atoms with van der Waals surface area (Å²) in [7, 11) is 0. The minimum absolute atomic E-state index is 0.0284. The molecule has 0 aromatic heterocycles. The SMILES string of the molecule is O=C(Nc1ccccc1Oc1ccccc1)c1ccc(Cl)c([N+](=O)[O-])c1. The van der Waals surface area contributed by atoms with Crippen molar-refractivity contribution in [1.82, 2.24) is 0 Å². The molecule has 0 saturated carbocycles. The number of carbonyl (C=O) groups is 1. The van der Waals surface area contributed by atoms with Crippen molar-refractivity contribution in [2.75, 3.05) is 5.32 Å². The first-order chi connectivity index (χ1) is 12.5. The van der Waals surface area contributed by atoms with Gasteiger partial charge < -0.3 is 10.1 Å². The van der Waals surface area contributed by atoms with Gasteiger partial charge in [0.15, 0.2) is 5.75 Å². The second kappa shape index (κ2) is 7.67. The minimum Gasteiger partial charge on any atom is -0.455 e. The summed E-state index contributed by atoms with van der Waals surface area (Å²) < 4.78 is 5.78. The number of rotatable bonds is 5. The molecule has 0 aliphatic carbocycles. The van der Waals surface area contributed by atoms with Crippen LogP contribution in [0.25, 0.3) is 0 Å². The van der Waals surface area contributed by atoms with Crippen molar-refractivity contribution >= 4 is 28.9 Å². The molecule has 0 radical (unpaired) electrons. The topological polar surface area (TPSA) is 81.5 Å². The number of benzene rings is 3. The van der Waals surface area contributed by atoms with E-state index in [9.17, 15) is 14.9 Å². The second-order valence-corrected chi connectivity index (χ2v) is 5.70. The Bertz CT molecular complexity index is 961. The molecule has 7 heteroatoms. The molecule has 0 spiro atoms. The lowest BCUT2D eigenvalue weighted by molar-refractivity contribution is -0.384. The Morgan fingerprint density at radius 3 is 2.42 bits per heavy atom. The number of ether oxygens (including phenoxy) is 1. The van der Waals surface area contributed by atoms with Gasteiger partial charge in [-0.05, 0) is 36.4 Å². The zero-order valence-electron chi connectivity index (χ0n) is 13.4. The van der Waals surface area contributed by atoms with E-state index in [0.29, 0.717) is 17.2 Å². The number of amides is 1. The molecule has 3 aromatic rings. The maximum atomic E-state index is 12.5. The molecule has 0 bridgehead atoms. The molecule has 130 valence electrons. The highest BCUT2D eigenvalue weighted by atomic mass is 35.5. The van der Waals surface area contributed by atoms with Crippen LogP contribution in [0, 0.1) is 10.1 Å².